The lowest BCUT2D eigenvalue weighted by Gasteiger charge is -2.31. The number of H-pyrrole nitrogens is 1. The van der Waals surface area contributed by atoms with Gasteiger partial charge in [0.05, 0.1) is 12.3 Å². The van der Waals surface area contributed by atoms with Gasteiger partial charge in [-0.2, -0.15) is 0 Å². The van der Waals surface area contributed by atoms with Crippen molar-refractivity contribution in [3.05, 3.63) is 48.7 Å². The zero-order chi connectivity index (χ0) is 18.5. The number of likely N-dealkylation sites (tertiary alicyclic amines) is 1. The molecule has 7 nitrogen and oxygen atoms in total. The van der Waals surface area contributed by atoms with E-state index in [0.29, 0.717) is 19.5 Å². The molecular formula is C19H22N4O3. The third kappa shape index (κ3) is 3.93. The van der Waals surface area contributed by atoms with E-state index in [2.05, 4.69) is 22.4 Å². The number of nitrogens with zero attached hydrogens (tertiary/aromatic N) is 1. The summed E-state index contributed by atoms with van der Waals surface area (Å²) in [6, 6.07) is 7.73. The van der Waals surface area contributed by atoms with Crippen molar-refractivity contribution in [2.24, 2.45) is 5.92 Å². The van der Waals surface area contributed by atoms with Gasteiger partial charge in [-0.1, -0.05) is 24.8 Å². The Labute approximate surface area is 151 Å². The fourth-order valence-electron chi connectivity index (χ4n) is 3.25. The highest BCUT2D eigenvalue weighted by molar-refractivity contribution is 5.90. The van der Waals surface area contributed by atoms with Gasteiger partial charge >= 0.3 is 0 Å². The summed E-state index contributed by atoms with van der Waals surface area (Å²) < 4.78 is 0. The summed E-state index contributed by atoms with van der Waals surface area (Å²) in [7, 11) is 0. The molecule has 0 saturated carbocycles. The van der Waals surface area contributed by atoms with Gasteiger partial charge in [0.25, 0.3) is 0 Å². The predicted molar refractivity (Wildman–Crippen MR) is 97.8 cm³/mol. The van der Waals surface area contributed by atoms with Crippen molar-refractivity contribution < 1.29 is 14.4 Å². The lowest BCUT2D eigenvalue weighted by molar-refractivity contribution is -0.135. The summed E-state index contributed by atoms with van der Waals surface area (Å²) in [5, 5.41) is 0.986. The van der Waals surface area contributed by atoms with Crippen LogP contribution in [0.3, 0.4) is 0 Å². The Morgan fingerprint density at radius 3 is 2.88 bits per heavy atom. The Balaban J connectivity index is 1.51. The maximum Gasteiger partial charge on any atom is 0.245 e. The molecule has 2 aromatic rings. The van der Waals surface area contributed by atoms with E-state index in [1.54, 1.807) is 11.1 Å². The lowest BCUT2D eigenvalue weighted by Crippen LogP contribution is -2.50. The maximum absolute atomic E-state index is 12.3. The molecule has 1 aromatic carbocycles. The van der Waals surface area contributed by atoms with Gasteiger partial charge in [0, 0.05) is 30.2 Å². The highest BCUT2D eigenvalue weighted by Gasteiger charge is 2.27. The predicted octanol–water partition coefficient (Wildman–Crippen LogP) is 1.28. The minimum absolute atomic E-state index is 0.163. The van der Waals surface area contributed by atoms with Crippen LogP contribution in [0.2, 0.25) is 0 Å². The first-order valence-corrected chi connectivity index (χ1v) is 8.63. The maximum atomic E-state index is 12.3. The first-order chi connectivity index (χ1) is 12.6. The number of piperidine rings is 1. The number of hydrogen-bond acceptors (Lipinski definition) is 3. The van der Waals surface area contributed by atoms with Gasteiger partial charge in [-0.15, -0.1) is 0 Å². The number of benzene rings is 1. The van der Waals surface area contributed by atoms with Crippen LogP contribution in [0.5, 0.6) is 0 Å². The number of carbonyl (C=O) groups is 3. The number of hydrogen-bond donors (Lipinski definition) is 3. The number of aromatic amines is 1. The summed E-state index contributed by atoms with van der Waals surface area (Å²) >= 11 is 0. The van der Waals surface area contributed by atoms with Gasteiger partial charge in [-0.3, -0.25) is 25.2 Å². The number of carbonyl (C=O) groups excluding carboxylic acids is 3. The summed E-state index contributed by atoms with van der Waals surface area (Å²) in [5.74, 6) is -1.08. The summed E-state index contributed by atoms with van der Waals surface area (Å²) in [4.78, 5) is 40.8. The molecule has 3 rings (SSSR count). The number of aromatic nitrogens is 1. The van der Waals surface area contributed by atoms with Crippen molar-refractivity contribution >= 4 is 28.6 Å². The van der Waals surface area contributed by atoms with Gasteiger partial charge in [0.2, 0.25) is 17.7 Å². The molecule has 0 bridgehead atoms. The van der Waals surface area contributed by atoms with E-state index in [-0.39, 0.29) is 30.1 Å². The number of amides is 3. The van der Waals surface area contributed by atoms with Crippen molar-refractivity contribution in [3.63, 3.8) is 0 Å². The molecule has 0 aliphatic carbocycles. The number of para-hydroxylation sites is 1. The van der Waals surface area contributed by atoms with Gasteiger partial charge in [-0.05, 0) is 30.5 Å². The van der Waals surface area contributed by atoms with Crippen LogP contribution in [-0.4, -0.2) is 40.7 Å². The number of hydrazine groups is 1. The van der Waals surface area contributed by atoms with Crippen LogP contribution in [0.1, 0.15) is 18.4 Å². The zero-order valence-electron chi connectivity index (χ0n) is 14.5. The van der Waals surface area contributed by atoms with Crippen LogP contribution in [0, 0.1) is 5.92 Å². The Bertz CT molecular complexity index is 842. The SMILES string of the molecule is C=CC(=O)N1CCCC(C(=O)NNC(=O)Cc2c[nH]c3ccccc23)C1. The minimum Gasteiger partial charge on any atom is -0.361 e. The molecule has 3 N–H and O–H groups in total. The highest BCUT2D eigenvalue weighted by Crippen LogP contribution is 2.18. The van der Waals surface area contributed by atoms with Crippen LogP contribution in [0.15, 0.2) is 43.1 Å². The number of nitrogens with one attached hydrogen (secondary N) is 3. The third-order valence-corrected chi connectivity index (χ3v) is 4.63. The molecule has 0 radical (unpaired) electrons. The second-order valence-corrected chi connectivity index (χ2v) is 6.40. The highest BCUT2D eigenvalue weighted by atomic mass is 16.2. The van der Waals surface area contributed by atoms with Gasteiger partial charge < -0.3 is 9.88 Å². The average molecular weight is 354 g/mol. The second kappa shape index (κ2) is 7.86. The molecule has 7 heteroatoms. The van der Waals surface area contributed by atoms with Gasteiger partial charge in [-0.25, -0.2) is 0 Å². The first kappa shape index (κ1) is 17.7. The summed E-state index contributed by atoms with van der Waals surface area (Å²) in [5.41, 5.74) is 6.78. The van der Waals surface area contributed by atoms with Gasteiger partial charge in [0.1, 0.15) is 0 Å². The largest absolute Gasteiger partial charge is 0.361 e. The Morgan fingerprint density at radius 2 is 2.08 bits per heavy atom. The van der Waals surface area contributed by atoms with E-state index >= 15 is 0 Å². The molecule has 1 saturated heterocycles. The van der Waals surface area contributed by atoms with E-state index in [1.807, 2.05) is 24.3 Å². The zero-order valence-corrected chi connectivity index (χ0v) is 14.5. The molecule has 1 aromatic heterocycles. The van der Waals surface area contributed by atoms with Crippen molar-refractivity contribution in [1.29, 1.82) is 0 Å². The second-order valence-electron chi connectivity index (χ2n) is 6.40. The third-order valence-electron chi connectivity index (χ3n) is 4.63. The fraction of sp³-hybridized carbons (Fsp3) is 0.316. The normalized spacial score (nSPS) is 16.9. The Kier molecular flexibility index (Phi) is 5.36. The standard InChI is InChI=1S/C19H22N4O3/c1-2-18(25)23-9-5-6-13(12-23)19(26)22-21-17(24)10-14-11-20-16-8-4-3-7-15(14)16/h2-4,7-8,11,13,20H,1,5-6,9-10,12H2,(H,21,24)(H,22,26). The summed E-state index contributed by atoms with van der Waals surface area (Å²) in [6.45, 7) is 4.44. The Hall–Kier alpha value is -3.09. The molecule has 3 amide bonds. The van der Waals surface area contributed by atoms with Crippen LogP contribution in [-0.2, 0) is 20.8 Å². The van der Waals surface area contributed by atoms with Crippen LogP contribution >= 0.6 is 0 Å². The molecule has 1 fully saturated rings. The summed E-state index contributed by atoms with van der Waals surface area (Å²) in [6.07, 6.45) is 4.65. The van der Waals surface area contributed by atoms with Crippen molar-refractivity contribution in [2.75, 3.05) is 13.1 Å². The van der Waals surface area contributed by atoms with E-state index < -0.39 is 0 Å². The van der Waals surface area contributed by atoms with Gasteiger partial charge in [0.15, 0.2) is 0 Å². The Morgan fingerprint density at radius 1 is 1.27 bits per heavy atom. The average Bonchev–Trinajstić information content (AvgIpc) is 3.08. The quantitative estimate of drug-likeness (QED) is 0.570. The molecule has 1 unspecified atom stereocenters. The molecule has 26 heavy (non-hydrogen) atoms. The molecule has 1 atom stereocenters. The van der Waals surface area contributed by atoms with Crippen molar-refractivity contribution in [2.45, 2.75) is 19.3 Å². The lowest BCUT2D eigenvalue weighted by atomic mass is 9.97. The molecular weight excluding hydrogens is 332 g/mol. The van der Waals surface area contributed by atoms with Crippen molar-refractivity contribution in [3.8, 4) is 0 Å². The van der Waals surface area contributed by atoms with Crippen LogP contribution in [0.4, 0.5) is 0 Å². The van der Waals surface area contributed by atoms with E-state index in [4.69, 9.17) is 0 Å². The molecule has 1 aliphatic rings. The van der Waals surface area contributed by atoms with Crippen LogP contribution in [0.25, 0.3) is 10.9 Å². The first-order valence-electron chi connectivity index (χ1n) is 8.63. The number of rotatable bonds is 4. The van der Waals surface area contributed by atoms with E-state index in [0.717, 1.165) is 22.9 Å². The monoisotopic (exact) mass is 354 g/mol. The molecule has 1 aliphatic heterocycles. The fourth-order valence-corrected chi connectivity index (χ4v) is 3.25. The van der Waals surface area contributed by atoms with Crippen LogP contribution < -0.4 is 10.9 Å². The van der Waals surface area contributed by atoms with Crippen molar-refractivity contribution in [1.82, 2.24) is 20.7 Å². The molecule has 136 valence electrons. The molecule has 2 heterocycles. The number of fused-ring (bicyclic) bond motifs is 1. The van der Waals surface area contributed by atoms with E-state index in [1.165, 1.54) is 6.08 Å². The van der Waals surface area contributed by atoms with E-state index in [9.17, 15) is 14.4 Å². The minimum atomic E-state index is -0.332. The molecule has 0 spiro atoms. The smallest absolute Gasteiger partial charge is 0.245 e. The topological polar surface area (TPSA) is 94.3 Å².